The number of benzene rings is 2. The number of imide groups is 1. The van der Waals surface area contributed by atoms with Crippen LogP contribution in [0.4, 0.5) is 10.5 Å². The van der Waals surface area contributed by atoms with Crippen molar-refractivity contribution in [3.8, 4) is 17.1 Å². The van der Waals surface area contributed by atoms with Crippen molar-refractivity contribution in [2.45, 2.75) is 6.92 Å². The smallest absolute Gasteiger partial charge is 0.298 e. The number of halogens is 2. The van der Waals surface area contributed by atoms with Crippen molar-refractivity contribution in [3.05, 3.63) is 75.3 Å². The third kappa shape index (κ3) is 4.12. The molecule has 0 atom stereocenters. The van der Waals surface area contributed by atoms with E-state index in [1.807, 2.05) is 6.92 Å². The van der Waals surface area contributed by atoms with Crippen LogP contribution in [0, 0.1) is 0 Å². The van der Waals surface area contributed by atoms with E-state index in [4.69, 9.17) is 32.4 Å². The standard InChI is InChI=1S/C22H15Cl2NO4S/c1-2-28-15-6-4-14(5-7-15)25-21(26)20(30-22(25)27)12-16-8-10-19(29-16)17-11-13(23)3-9-18(17)24/h3-12H,2H2,1H3/b20-12+. The molecule has 1 aliphatic heterocycles. The molecular formula is C22H15Cl2NO4S. The summed E-state index contributed by atoms with van der Waals surface area (Å²) in [5.74, 6) is 1.21. The van der Waals surface area contributed by atoms with Gasteiger partial charge >= 0.3 is 0 Å². The fraction of sp³-hybridized carbons (Fsp3) is 0.0909. The molecule has 1 fully saturated rings. The van der Waals surface area contributed by atoms with Crippen LogP contribution in [0.5, 0.6) is 5.75 Å². The van der Waals surface area contributed by atoms with Gasteiger partial charge < -0.3 is 9.15 Å². The molecular weight excluding hydrogens is 445 g/mol. The summed E-state index contributed by atoms with van der Waals surface area (Å²) in [7, 11) is 0. The van der Waals surface area contributed by atoms with Crippen LogP contribution in [0.1, 0.15) is 12.7 Å². The Kier molecular flexibility index (Phi) is 5.90. The first-order valence-electron chi connectivity index (χ1n) is 9.02. The molecule has 30 heavy (non-hydrogen) atoms. The number of nitrogens with zero attached hydrogens (tertiary/aromatic N) is 1. The second kappa shape index (κ2) is 8.60. The highest BCUT2D eigenvalue weighted by molar-refractivity contribution is 8.19. The van der Waals surface area contributed by atoms with E-state index in [-0.39, 0.29) is 10.1 Å². The molecule has 1 saturated heterocycles. The number of rotatable bonds is 5. The quantitative estimate of drug-likeness (QED) is 0.388. The second-order valence-corrected chi connectivity index (χ2v) is 8.11. The lowest BCUT2D eigenvalue weighted by Crippen LogP contribution is -2.27. The molecule has 0 bridgehead atoms. The predicted molar refractivity (Wildman–Crippen MR) is 120 cm³/mol. The average molecular weight is 460 g/mol. The Bertz CT molecular complexity index is 1150. The molecule has 1 aliphatic rings. The van der Waals surface area contributed by atoms with E-state index in [0.29, 0.717) is 45.2 Å². The van der Waals surface area contributed by atoms with Gasteiger partial charge in [0.25, 0.3) is 11.1 Å². The molecule has 2 heterocycles. The number of hydrogen-bond acceptors (Lipinski definition) is 5. The summed E-state index contributed by atoms with van der Waals surface area (Å²) >= 11 is 13.1. The predicted octanol–water partition coefficient (Wildman–Crippen LogP) is 6.89. The zero-order valence-corrected chi connectivity index (χ0v) is 18.1. The fourth-order valence-corrected chi connectivity index (χ4v) is 4.14. The summed E-state index contributed by atoms with van der Waals surface area (Å²) in [6, 6.07) is 15.3. The van der Waals surface area contributed by atoms with Gasteiger partial charge in [-0.05, 0) is 73.3 Å². The highest BCUT2D eigenvalue weighted by Crippen LogP contribution is 2.37. The Morgan fingerprint density at radius 2 is 1.83 bits per heavy atom. The zero-order valence-electron chi connectivity index (χ0n) is 15.7. The normalized spacial score (nSPS) is 15.3. The van der Waals surface area contributed by atoms with Gasteiger partial charge in [0.2, 0.25) is 0 Å². The lowest BCUT2D eigenvalue weighted by atomic mass is 10.2. The topological polar surface area (TPSA) is 59.8 Å². The number of ether oxygens (including phenoxy) is 1. The van der Waals surface area contributed by atoms with E-state index in [0.717, 1.165) is 16.7 Å². The van der Waals surface area contributed by atoms with Crippen molar-refractivity contribution in [2.75, 3.05) is 11.5 Å². The molecule has 0 unspecified atom stereocenters. The van der Waals surface area contributed by atoms with Gasteiger partial charge in [-0.25, -0.2) is 4.90 Å². The minimum absolute atomic E-state index is 0.270. The van der Waals surface area contributed by atoms with Crippen molar-refractivity contribution in [2.24, 2.45) is 0 Å². The summed E-state index contributed by atoms with van der Waals surface area (Å²) in [5, 5.41) is 0.653. The first-order chi connectivity index (χ1) is 14.5. The SMILES string of the molecule is CCOc1ccc(N2C(=O)S/C(=C/c3ccc(-c4cc(Cl)ccc4Cl)o3)C2=O)cc1. The first kappa shape index (κ1) is 20.6. The maximum atomic E-state index is 12.8. The molecule has 5 nitrogen and oxygen atoms in total. The van der Waals surface area contributed by atoms with E-state index in [1.54, 1.807) is 60.7 Å². The molecule has 8 heteroatoms. The van der Waals surface area contributed by atoms with Gasteiger partial charge in [-0.1, -0.05) is 23.2 Å². The minimum Gasteiger partial charge on any atom is -0.494 e. The molecule has 152 valence electrons. The maximum absolute atomic E-state index is 12.8. The van der Waals surface area contributed by atoms with Crippen molar-refractivity contribution in [3.63, 3.8) is 0 Å². The van der Waals surface area contributed by atoms with Gasteiger partial charge in [-0.15, -0.1) is 0 Å². The first-order valence-corrected chi connectivity index (χ1v) is 10.6. The highest BCUT2D eigenvalue weighted by Gasteiger charge is 2.36. The third-order valence-corrected chi connectivity index (χ3v) is 5.73. The number of thioether (sulfide) groups is 1. The molecule has 4 rings (SSSR count). The maximum Gasteiger partial charge on any atom is 0.298 e. The van der Waals surface area contributed by atoms with Crippen LogP contribution < -0.4 is 9.64 Å². The van der Waals surface area contributed by atoms with Crippen LogP contribution in [-0.4, -0.2) is 17.8 Å². The van der Waals surface area contributed by atoms with Crippen LogP contribution in [-0.2, 0) is 4.79 Å². The lowest BCUT2D eigenvalue weighted by molar-refractivity contribution is -0.113. The number of anilines is 1. The number of carbonyl (C=O) groups excluding carboxylic acids is 2. The summed E-state index contributed by atoms with van der Waals surface area (Å²) in [6.07, 6.45) is 1.54. The molecule has 0 spiro atoms. The molecule has 2 aromatic carbocycles. The second-order valence-electron chi connectivity index (χ2n) is 6.27. The van der Waals surface area contributed by atoms with Crippen LogP contribution in [0.2, 0.25) is 10.0 Å². The highest BCUT2D eigenvalue weighted by atomic mass is 35.5. The van der Waals surface area contributed by atoms with Crippen LogP contribution in [0.25, 0.3) is 17.4 Å². The van der Waals surface area contributed by atoms with Gasteiger partial charge in [0, 0.05) is 16.7 Å². The van der Waals surface area contributed by atoms with E-state index in [9.17, 15) is 9.59 Å². The zero-order chi connectivity index (χ0) is 21.3. The van der Waals surface area contributed by atoms with Gasteiger partial charge in [-0.2, -0.15) is 0 Å². The molecule has 3 aromatic rings. The number of furan rings is 1. The van der Waals surface area contributed by atoms with Gasteiger partial charge in [0.05, 0.1) is 22.2 Å². The Hall–Kier alpha value is -2.67. The fourth-order valence-electron chi connectivity index (χ4n) is 2.94. The van der Waals surface area contributed by atoms with E-state index in [1.165, 1.54) is 0 Å². The van der Waals surface area contributed by atoms with Crippen LogP contribution in [0.3, 0.4) is 0 Å². The van der Waals surface area contributed by atoms with Crippen molar-refractivity contribution >= 4 is 57.9 Å². The molecule has 1 aromatic heterocycles. The minimum atomic E-state index is -0.409. The summed E-state index contributed by atoms with van der Waals surface area (Å²) in [6.45, 7) is 2.42. The third-order valence-electron chi connectivity index (χ3n) is 4.29. The molecule has 0 radical (unpaired) electrons. The summed E-state index contributed by atoms with van der Waals surface area (Å²) < 4.78 is 11.2. The Morgan fingerprint density at radius 3 is 2.57 bits per heavy atom. The van der Waals surface area contributed by atoms with E-state index in [2.05, 4.69) is 0 Å². The molecule has 0 aliphatic carbocycles. The summed E-state index contributed by atoms with van der Waals surface area (Å²) in [5.41, 5.74) is 1.13. The average Bonchev–Trinajstić information content (AvgIpc) is 3.29. The van der Waals surface area contributed by atoms with Crippen LogP contribution >= 0.6 is 35.0 Å². The molecule has 2 amide bonds. The molecule has 0 N–H and O–H groups in total. The van der Waals surface area contributed by atoms with E-state index < -0.39 is 5.91 Å². The van der Waals surface area contributed by atoms with Crippen LogP contribution in [0.15, 0.2) is 63.9 Å². The van der Waals surface area contributed by atoms with Crippen molar-refractivity contribution in [1.82, 2.24) is 0 Å². The van der Waals surface area contributed by atoms with Gasteiger partial charge in [0.1, 0.15) is 17.3 Å². The largest absolute Gasteiger partial charge is 0.494 e. The van der Waals surface area contributed by atoms with Gasteiger partial charge in [-0.3, -0.25) is 9.59 Å². The monoisotopic (exact) mass is 459 g/mol. The number of carbonyl (C=O) groups is 2. The Morgan fingerprint density at radius 1 is 1.07 bits per heavy atom. The number of hydrogen-bond donors (Lipinski definition) is 0. The Labute approximate surface area is 187 Å². The van der Waals surface area contributed by atoms with E-state index >= 15 is 0 Å². The lowest BCUT2D eigenvalue weighted by Gasteiger charge is -2.13. The number of amides is 2. The van der Waals surface area contributed by atoms with Crippen molar-refractivity contribution < 1.29 is 18.7 Å². The molecule has 0 saturated carbocycles. The van der Waals surface area contributed by atoms with Crippen molar-refractivity contribution in [1.29, 1.82) is 0 Å². The Balaban J connectivity index is 1.58. The summed E-state index contributed by atoms with van der Waals surface area (Å²) in [4.78, 5) is 26.6. The van der Waals surface area contributed by atoms with Gasteiger partial charge in [0.15, 0.2) is 0 Å².